The fourth-order valence-corrected chi connectivity index (χ4v) is 2.24. The Morgan fingerprint density at radius 1 is 1.32 bits per heavy atom. The molecule has 8 heteroatoms. The lowest BCUT2D eigenvalue weighted by atomic mass is 10.0. The molecule has 0 N–H and O–H groups in total. The van der Waals surface area contributed by atoms with Gasteiger partial charge in [0.25, 0.3) is 6.43 Å². The number of ketones is 1. The summed E-state index contributed by atoms with van der Waals surface area (Å²) in [5.74, 6) is -1.05. The highest BCUT2D eigenvalue weighted by atomic mass is 35.5. The van der Waals surface area contributed by atoms with Gasteiger partial charge in [-0.15, -0.1) is 11.6 Å². The number of halogens is 6. The first-order valence-electron chi connectivity index (χ1n) is 4.98. The minimum absolute atomic E-state index is 0.314. The Bertz CT molecular complexity index is 461. The van der Waals surface area contributed by atoms with E-state index >= 15 is 0 Å². The maximum Gasteiger partial charge on any atom is 0.446 e. The molecule has 0 atom stereocenters. The van der Waals surface area contributed by atoms with Crippen molar-refractivity contribution in [3.05, 3.63) is 29.3 Å². The van der Waals surface area contributed by atoms with Gasteiger partial charge >= 0.3 is 5.51 Å². The standard InChI is InChI=1S/C11H8ClF5OS/c12-5-6(18)4-8-7(10(13)14)2-1-3-9(8)19-11(15,16)17/h1-3,10H,4-5H2. The molecule has 19 heavy (non-hydrogen) atoms. The highest BCUT2D eigenvalue weighted by Gasteiger charge is 2.31. The number of benzene rings is 1. The van der Waals surface area contributed by atoms with Crippen molar-refractivity contribution in [3.63, 3.8) is 0 Å². The first kappa shape index (κ1) is 16.2. The van der Waals surface area contributed by atoms with Gasteiger partial charge in [0.1, 0.15) is 0 Å². The number of carbonyl (C=O) groups is 1. The number of alkyl halides is 6. The predicted octanol–water partition coefficient (Wildman–Crippen LogP) is 4.59. The molecule has 0 heterocycles. The van der Waals surface area contributed by atoms with Gasteiger partial charge in [0.05, 0.1) is 5.88 Å². The minimum atomic E-state index is -4.61. The van der Waals surface area contributed by atoms with Gasteiger partial charge in [0.2, 0.25) is 0 Å². The molecule has 1 rings (SSSR count). The van der Waals surface area contributed by atoms with Crippen LogP contribution in [0.25, 0.3) is 0 Å². The van der Waals surface area contributed by atoms with Gasteiger partial charge in [-0.1, -0.05) is 12.1 Å². The fourth-order valence-electron chi connectivity index (χ4n) is 1.44. The van der Waals surface area contributed by atoms with E-state index < -0.39 is 52.2 Å². The Morgan fingerprint density at radius 3 is 2.42 bits per heavy atom. The Hall–Kier alpha value is -0.820. The predicted molar refractivity (Wildman–Crippen MR) is 62.7 cm³/mol. The minimum Gasteiger partial charge on any atom is -0.298 e. The number of rotatable bonds is 5. The van der Waals surface area contributed by atoms with E-state index in [0.29, 0.717) is 0 Å². The van der Waals surface area contributed by atoms with E-state index in [0.717, 1.165) is 18.2 Å². The molecule has 1 aromatic rings. The number of carbonyl (C=O) groups excluding carboxylic acids is 1. The molecule has 1 aromatic carbocycles. The third-order valence-corrected chi connectivity index (χ3v) is 3.28. The largest absolute Gasteiger partial charge is 0.446 e. The molecular formula is C11H8ClF5OS. The zero-order valence-electron chi connectivity index (χ0n) is 9.31. The lowest BCUT2D eigenvalue weighted by Crippen LogP contribution is -2.10. The van der Waals surface area contributed by atoms with Gasteiger partial charge in [0, 0.05) is 16.9 Å². The SMILES string of the molecule is O=C(CCl)Cc1c(SC(F)(F)F)cccc1C(F)F. The maximum absolute atomic E-state index is 12.8. The van der Waals surface area contributed by atoms with Crippen LogP contribution in [0.5, 0.6) is 0 Å². The van der Waals surface area contributed by atoms with Crippen molar-refractivity contribution >= 4 is 29.1 Å². The summed E-state index contributed by atoms with van der Waals surface area (Å²) in [6.45, 7) is 0. The summed E-state index contributed by atoms with van der Waals surface area (Å²) < 4.78 is 62.5. The van der Waals surface area contributed by atoms with E-state index in [9.17, 15) is 26.7 Å². The molecule has 0 aliphatic rings. The number of thioether (sulfide) groups is 1. The molecule has 0 aliphatic carbocycles. The van der Waals surface area contributed by atoms with Crippen LogP contribution in [0.4, 0.5) is 22.0 Å². The highest BCUT2D eigenvalue weighted by molar-refractivity contribution is 8.00. The van der Waals surface area contributed by atoms with E-state index in [1.54, 1.807) is 0 Å². The van der Waals surface area contributed by atoms with Crippen molar-refractivity contribution in [3.8, 4) is 0 Å². The Kier molecular flexibility index (Phi) is 5.61. The molecule has 0 saturated carbocycles. The first-order chi connectivity index (χ1) is 8.74. The van der Waals surface area contributed by atoms with Crippen LogP contribution in [0.15, 0.2) is 23.1 Å². The smallest absolute Gasteiger partial charge is 0.298 e. The lowest BCUT2D eigenvalue weighted by Gasteiger charge is -2.14. The topological polar surface area (TPSA) is 17.1 Å². The van der Waals surface area contributed by atoms with Crippen molar-refractivity contribution in [1.29, 1.82) is 0 Å². The molecule has 0 spiro atoms. The summed E-state index contributed by atoms with van der Waals surface area (Å²) in [7, 11) is 0. The van der Waals surface area contributed by atoms with Crippen molar-refractivity contribution in [2.75, 3.05) is 5.88 Å². The maximum atomic E-state index is 12.8. The molecule has 106 valence electrons. The second kappa shape index (κ2) is 6.56. The Balaban J connectivity index is 3.21. The van der Waals surface area contributed by atoms with Gasteiger partial charge in [-0.3, -0.25) is 4.79 Å². The summed E-state index contributed by atoms with van der Waals surface area (Å²) in [6.07, 6.45) is -3.49. The molecule has 0 bridgehead atoms. The monoisotopic (exact) mass is 318 g/mol. The summed E-state index contributed by atoms with van der Waals surface area (Å²) in [6, 6.07) is 3.16. The van der Waals surface area contributed by atoms with Gasteiger partial charge in [-0.2, -0.15) is 13.2 Å². The van der Waals surface area contributed by atoms with E-state index in [1.807, 2.05) is 0 Å². The second-order valence-corrected chi connectivity index (χ2v) is 4.90. The fraction of sp³-hybridized carbons (Fsp3) is 0.364. The number of hydrogen-bond donors (Lipinski definition) is 0. The molecular weight excluding hydrogens is 311 g/mol. The van der Waals surface area contributed by atoms with Crippen LogP contribution in [-0.4, -0.2) is 17.2 Å². The molecule has 0 radical (unpaired) electrons. The summed E-state index contributed by atoms with van der Waals surface area (Å²) in [5.41, 5.74) is -5.50. The van der Waals surface area contributed by atoms with Crippen LogP contribution in [0, 0.1) is 0 Å². The summed E-state index contributed by atoms with van der Waals surface area (Å²) in [5, 5.41) is 0. The highest BCUT2D eigenvalue weighted by Crippen LogP contribution is 2.41. The van der Waals surface area contributed by atoms with Gasteiger partial charge in [-0.05, 0) is 23.4 Å². The third-order valence-electron chi connectivity index (χ3n) is 2.15. The lowest BCUT2D eigenvalue weighted by molar-refractivity contribution is -0.116. The Morgan fingerprint density at radius 2 is 1.95 bits per heavy atom. The second-order valence-electron chi connectivity index (χ2n) is 3.52. The van der Waals surface area contributed by atoms with Crippen LogP contribution in [0.1, 0.15) is 17.6 Å². The molecule has 0 saturated heterocycles. The summed E-state index contributed by atoms with van der Waals surface area (Å²) in [4.78, 5) is 10.8. The van der Waals surface area contributed by atoms with E-state index in [4.69, 9.17) is 11.6 Å². The van der Waals surface area contributed by atoms with Crippen molar-refractivity contribution in [2.45, 2.75) is 23.3 Å². The summed E-state index contributed by atoms with van der Waals surface area (Å²) >= 11 is 4.74. The number of Topliss-reactive ketones (excluding diaryl/α,β-unsaturated/α-hetero) is 1. The van der Waals surface area contributed by atoms with Crippen LogP contribution in [0.3, 0.4) is 0 Å². The van der Waals surface area contributed by atoms with Crippen LogP contribution in [0.2, 0.25) is 0 Å². The average Bonchev–Trinajstić information content (AvgIpc) is 2.28. The zero-order valence-corrected chi connectivity index (χ0v) is 10.9. The molecule has 1 nitrogen and oxygen atoms in total. The van der Waals surface area contributed by atoms with Crippen LogP contribution < -0.4 is 0 Å². The van der Waals surface area contributed by atoms with Crippen molar-refractivity contribution in [1.82, 2.24) is 0 Å². The normalized spacial score (nSPS) is 11.9. The molecule has 0 unspecified atom stereocenters. The third kappa shape index (κ3) is 4.99. The molecule has 0 fully saturated rings. The first-order valence-corrected chi connectivity index (χ1v) is 6.33. The molecule has 0 aromatic heterocycles. The van der Waals surface area contributed by atoms with Gasteiger partial charge in [0.15, 0.2) is 5.78 Å². The molecule has 0 aliphatic heterocycles. The zero-order chi connectivity index (χ0) is 14.6. The average molecular weight is 319 g/mol. The van der Waals surface area contributed by atoms with E-state index in [2.05, 4.69) is 0 Å². The quantitative estimate of drug-likeness (QED) is 0.449. The van der Waals surface area contributed by atoms with Gasteiger partial charge in [-0.25, -0.2) is 8.78 Å². The van der Waals surface area contributed by atoms with Crippen molar-refractivity contribution < 1.29 is 26.7 Å². The van der Waals surface area contributed by atoms with E-state index in [1.165, 1.54) is 0 Å². The Labute approximate surface area is 115 Å². The van der Waals surface area contributed by atoms with Crippen molar-refractivity contribution in [2.24, 2.45) is 0 Å². The van der Waals surface area contributed by atoms with E-state index in [-0.39, 0.29) is 5.56 Å². The van der Waals surface area contributed by atoms with Crippen LogP contribution in [-0.2, 0) is 11.2 Å². The number of hydrogen-bond acceptors (Lipinski definition) is 2. The van der Waals surface area contributed by atoms with Crippen LogP contribution >= 0.6 is 23.4 Å². The molecule has 0 amide bonds. The van der Waals surface area contributed by atoms with Gasteiger partial charge < -0.3 is 0 Å².